The van der Waals surface area contributed by atoms with Gasteiger partial charge in [0.25, 0.3) is 0 Å². The van der Waals surface area contributed by atoms with Crippen molar-refractivity contribution >= 4 is 16.0 Å². The van der Waals surface area contributed by atoms with E-state index in [4.69, 9.17) is 0 Å². The summed E-state index contributed by atoms with van der Waals surface area (Å²) >= 11 is 0. The molecule has 0 radical (unpaired) electrons. The minimum atomic E-state index is -3.65. The fourth-order valence-corrected chi connectivity index (χ4v) is 3.18. The van der Waals surface area contributed by atoms with Crippen LogP contribution in [0.5, 0.6) is 0 Å². The molecule has 1 aliphatic rings. The summed E-state index contributed by atoms with van der Waals surface area (Å²) < 4.78 is 31.0. The number of hydrogen-bond donors (Lipinski definition) is 1. The van der Waals surface area contributed by atoms with Crippen molar-refractivity contribution < 1.29 is 17.9 Å². The maximum atomic E-state index is 12.0. The van der Waals surface area contributed by atoms with Gasteiger partial charge in [0.2, 0.25) is 10.0 Å². The molecule has 2 rings (SSSR count). The van der Waals surface area contributed by atoms with E-state index in [0.29, 0.717) is 0 Å². The standard InChI is InChI=1S/C13H17NO4S/c1-2-18-13(15)9-14-19(16,17)12-7-6-10-4-3-5-11(10)8-12/h6-8,14H,2-5,9H2,1H3. The van der Waals surface area contributed by atoms with Gasteiger partial charge in [-0.15, -0.1) is 0 Å². The van der Waals surface area contributed by atoms with E-state index in [1.165, 1.54) is 5.56 Å². The summed E-state index contributed by atoms with van der Waals surface area (Å²) in [6.07, 6.45) is 2.98. The number of carbonyl (C=O) groups is 1. The highest BCUT2D eigenvalue weighted by molar-refractivity contribution is 7.89. The van der Waals surface area contributed by atoms with E-state index < -0.39 is 16.0 Å². The fraction of sp³-hybridized carbons (Fsp3) is 0.462. The summed E-state index contributed by atoms with van der Waals surface area (Å²) in [6.45, 7) is 1.57. The van der Waals surface area contributed by atoms with Crippen LogP contribution < -0.4 is 4.72 Å². The van der Waals surface area contributed by atoms with Crippen molar-refractivity contribution in [3.05, 3.63) is 29.3 Å². The zero-order valence-corrected chi connectivity index (χ0v) is 11.6. The zero-order valence-electron chi connectivity index (χ0n) is 10.8. The van der Waals surface area contributed by atoms with Crippen molar-refractivity contribution in [2.24, 2.45) is 0 Å². The summed E-state index contributed by atoms with van der Waals surface area (Å²) in [5, 5.41) is 0. The molecule has 0 aliphatic heterocycles. The summed E-state index contributed by atoms with van der Waals surface area (Å²) in [4.78, 5) is 11.4. The molecule has 1 aromatic rings. The molecule has 1 aromatic carbocycles. The maximum absolute atomic E-state index is 12.0. The lowest BCUT2D eigenvalue weighted by molar-refractivity contribution is -0.141. The molecule has 1 aliphatic carbocycles. The minimum Gasteiger partial charge on any atom is -0.465 e. The van der Waals surface area contributed by atoms with Gasteiger partial charge < -0.3 is 4.74 Å². The van der Waals surface area contributed by atoms with E-state index in [0.717, 1.165) is 24.8 Å². The van der Waals surface area contributed by atoms with Crippen LogP contribution in [-0.4, -0.2) is 27.5 Å². The Balaban J connectivity index is 2.09. The van der Waals surface area contributed by atoms with Gasteiger partial charge in [-0.25, -0.2) is 8.42 Å². The molecule has 0 spiro atoms. The predicted molar refractivity (Wildman–Crippen MR) is 70.3 cm³/mol. The van der Waals surface area contributed by atoms with Crippen LogP contribution in [0.15, 0.2) is 23.1 Å². The maximum Gasteiger partial charge on any atom is 0.321 e. The smallest absolute Gasteiger partial charge is 0.321 e. The second-order valence-corrected chi connectivity index (χ2v) is 6.18. The zero-order chi connectivity index (χ0) is 13.9. The number of nitrogens with one attached hydrogen (secondary N) is 1. The third-order valence-corrected chi connectivity index (χ3v) is 4.49. The van der Waals surface area contributed by atoms with Gasteiger partial charge in [-0.05, 0) is 49.4 Å². The van der Waals surface area contributed by atoms with E-state index in [1.54, 1.807) is 19.1 Å². The molecule has 0 amide bonds. The number of hydrogen-bond acceptors (Lipinski definition) is 4. The molecule has 19 heavy (non-hydrogen) atoms. The molecule has 6 heteroatoms. The van der Waals surface area contributed by atoms with E-state index in [-0.39, 0.29) is 18.0 Å². The van der Waals surface area contributed by atoms with Crippen molar-refractivity contribution in [3.8, 4) is 0 Å². The van der Waals surface area contributed by atoms with Crippen LogP contribution in [0, 0.1) is 0 Å². The summed E-state index contributed by atoms with van der Waals surface area (Å²) in [6, 6.07) is 5.12. The van der Waals surface area contributed by atoms with Gasteiger partial charge in [-0.2, -0.15) is 4.72 Å². The number of carbonyl (C=O) groups excluding carboxylic acids is 1. The minimum absolute atomic E-state index is 0.206. The Bertz CT molecular complexity index is 580. The third-order valence-electron chi connectivity index (χ3n) is 3.09. The molecule has 0 unspecified atom stereocenters. The van der Waals surface area contributed by atoms with Crippen molar-refractivity contribution in [2.45, 2.75) is 31.1 Å². The van der Waals surface area contributed by atoms with E-state index in [1.807, 2.05) is 6.07 Å². The van der Waals surface area contributed by atoms with E-state index >= 15 is 0 Å². The van der Waals surface area contributed by atoms with Crippen LogP contribution in [0.1, 0.15) is 24.5 Å². The van der Waals surface area contributed by atoms with Gasteiger partial charge in [0, 0.05) is 0 Å². The average Bonchev–Trinajstić information content (AvgIpc) is 2.84. The van der Waals surface area contributed by atoms with Gasteiger partial charge in [0.1, 0.15) is 6.54 Å². The fourth-order valence-electron chi connectivity index (χ4n) is 2.16. The Morgan fingerprint density at radius 2 is 2.05 bits per heavy atom. The molecule has 0 saturated carbocycles. The summed E-state index contributed by atoms with van der Waals surface area (Å²) in [5.41, 5.74) is 2.29. The lowest BCUT2D eigenvalue weighted by Crippen LogP contribution is -2.30. The molecule has 0 fully saturated rings. The van der Waals surface area contributed by atoms with Crippen LogP contribution in [0.3, 0.4) is 0 Å². The van der Waals surface area contributed by atoms with Gasteiger partial charge in [-0.1, -0.05) is 6.07 Å². The Morgan fingerprint density at radius 3 is 2.79 bits per heavy atom. The molecule has 0 heterocycles. The SMILES string of the molecule is CCOC(=O)CNS(=O)(=O)c1ccc2c(c1)CCC2. The molecule has 5 nitrogen and oxygen atoms in total. The predicted octanol–water partition coefficient (Wildman–Crippen LogP) is 1.02. The number of aryl methyl sites for hydroxylation is 2. The van der Waals surface area contributed by atoms with Crippen LogP contribution >= 0.6 is 0 Å². The van der Waals surface area contributed by atoms with E-state index in [9.17, 15) is 13.2 Å². The number of benzene rings is 1. The first-order valence-corrected chi connectivity index (χ1v) is 7.78. The van der Waals surface area contributed by atoms with Crippen LogP contribution in [0.25, 0.3) is 0 Å². The highest BCUT2D eigenvalue weighted by Gasteiger charge is 2.19. The molecule has 0 aromatic heterocycles. The lowest BCUT2D eigenvalue weighted by Gasteiger charge is -2.08. The average molecular weight is 283 g/mol. The van der Waals surface area contributed by atoms with Gasteiger partial charge in [0.15, 0.2) is 0 Å². The molecule has 104 valence electrons. The second kappa shape index (κ2) is 5.71. The first-order valence-electron chi connectivity index (χ1n) is 6.30. The molecule has 0 bridgehead atoms. The molecule has 1 N–H and O–H groups in total. The van der Waals surface area contributed by atoms with Crippen molar-refractivity contribution in [3.63, 3.8) is 0 Å². The van der Waals surface area contributed by atoms with Crippen LogP contribution in [0.4, 0.5) is 0 Å². The lowest BCUT2D eigenvalue weighted by atomic mass is 10.1. The largest absolute Gasteiger partial charge is 0.465 e. The van der Waals surface area contributed by atoms with Crippen molar-refractivity contribution in [2.75, 3.05) is 13.2 Å². The van der Waals surface area contributed by atoms with Crippen LogP contribution in [-0.2, 0) is 32.4 Å². The Kier molecular flexibility index (Phi) is 4.21. The molecular weight excluding hydrogens is 266 g/mol. The number of esters is 1. The Labute approximate surface area is 113 Å². The number of sulfonamides is 1. The van der Waals surface area contributed by atoms with Crippen LogP contribution in [0.2, 0.25) is 0 Å². The van der Waals surface area contributed by atoms with Gasteiger partial charge in [-0.3, -0.25) is 4.79 Å². The normalized spacial score (nSPS) is 14.2. The molecular formula is C13H17NO4S. The monoisotopic (exact) mass is 283 g/mol. The third kappa shape index (κ3) is 3.33. The number of ether oxygens (including phenoxy) is 1. The molecule has 0 saturated heterocycles. The highest BCUT2D eigenvalue weighted by Crippen LogP contribution is 2.24. The molecule has 0 atom stereocenters. The summed E-state index contributed by atoms with van der Waals surface area (Å²) in [7, 11) is -3.65. The quantitative estimate of drug-likeness (QED) is 0.819. The van der Waals surface area contributed by atoms with Gasteiger partial charge in [0.05, 0.1) is 11.5 Å². The van der Waals surface area contributed by atoms with Crippen molar-refractivity contribution in [1.82, 2.24) is 4.72 Å². The second-order valence-electron chi connectivity index (χ2n) is 4.41. The number of fused-ring (bicyclic) bond motifs is 1. The van der Waals surface area contributed by atoms with Gasteiger partial charge >= 0.3 is 5.97 Å². The first kappa shape index (κ1) is 14.0. The van der Waals surface area contributed by atoms with E-state index in [2.05, 4.69) is 9.46 Å². The number of rotatable bonds is 5. The topological polar surface area (TPSA) is 72.5 Å². The first-order chi connectivity index (χ1) is 9.03. The highest BCUT2D eigenvalue weighted by atomic mass is 32.2. The Morgan fingerprint density at radius 1 is 1.32 bits per heavy atom. The summed E-state index contributed by atoms with van der Waals surface area (Å²) in [5.74, 6) is -0.577. The van der Waals surface area contributed by atoms with Crippen molar-refractivity contribution in [1.29, 1.82) is 0 Å². The Hall–Kier alpha value is -1.40.